The number of nitrogens with one attached hydrogen (secondary N) is 1. The van der Waals surface area contributed by atoms with Crippen molar-refractivity contribution in [1.82, 2.24) is 10.2 Å². The van der Waals surface area contributed by atoms with Gasteiger partial charge in [-0.15, -0.1) is 0 Å². The van der Waals surface area contributed by atoms with Crippen molar-refractivity contribution in [2.24, 2.45) is 5.92 Å². The topological polar surface area (TPSA) is 90.0 Å². The third kappa shape index (κ3) is 5.81. The van der Waals surface area contributed by atoms with E-state index in [0.29, 0.717) is 37.3 Å². The molecule has 8 nitrogen and oxygen atoms in total. The quantitative estimate of drug-likeness (QED) is 0.553. The van der Waals surface area contributed by atoms with Gasteiger partial charge in [-0.25, -0.2) is 0 Å². The molecule has 1 saturated heterocycles. The van der Waals surface area contributed by atoms with Gasteiger partial charge in [-0.3, -0.25) is 24.5 Å². The standard InChI is InChI=1S/C22H32N4O4/c1-4-5-20(22(30)23-14-27)26(16-29)19-7-6-18(13-21(19)24(2)3)12-17-8-10-25(15-28)11-9-17/h6-7,13-17,20H,4-5,8-12H2,1-3H3,(H,23,27,30). The highest BCUT2D eigenvalue weighted by atomic mass is 16.2. The second kappa shape index (κ2) is 11.3. The van der Waals surface area contributed by atoms with Crippen LogP contribution in [0.15, 0.2) is 18.2 Å². The van der Waals surface area contributed by atoms with E-state index in [9.17, 15) is 19.2 Å². The van der Waals surface area contributed by atoms with E-state index < -0.39 is 11.9 Å². The van der Waals surface area contributed by atoms with Crippen molar-refractivity contribution >= 4 is 36.5 Å². The molecular weight excluding hydrogens is 384 g/mol. The van der Waals surface area contributed by atoms with Crippen LogP contribution in [0.1, 0.15) is 38.2 Å². The molecule has 1 unspecified atom stereocenters. The smallest absolute Gasteiger partial charge is 0.249 e. The van der Waals surface area contributed by atoms with Crippen LogP contribution >= 0.6 is 0 Å². The Balaban J connectivity index is 2.28. The first-order chi connectivity index (χ1) is 14.4. The molecule has 1 N–H and O–H groups in total. The summed E-state index contributed by atoms with van der Waals surface area (Å²) in [5.74, 6) is 0.0186. The summed E-state index contributed by atoms with van der Waals surface area (Å²) in [6.07, 6.45) is 5.90. The van der Waals surface area contributed by atoms with E-state index in [1.54, 1.807) is 0 Å². The van der Waals surface area contributed by atoms with Crippen LogP contribution in [0.25, 0.3) is 0 Å². The van der Waals surface area contributed by atoms with Crippen molar-refractivity contribution in [2.75, 3.05) is 37.0 Å². The Kier molecular flexibility index (Phi) is 8.83. The van der Waals surface area contributed by atoms with Crippen molar-refractivity contribution in [2.45, 2.75) is 45.1 Å². The molecule has 164 valence electrons. The fourth-order valence-corrected chi connectivity index (χ4v) is 3.99. The van der Waals surface area contributed by atoms with Gasteiger partial charge in [0.1, 0.15) is 6.04 Å². The van der Waals surface area contributed by atoms with E-state index in [4.69, 9.17) is 0 Å². The molecule has 1 aliphatic heterocycles. The summed E-state index contributed by atoms with van der Waals surface area (Å²) in [5.41, 5.74) is 2.63. The molecule has 30 heavy (non-hydrogen) atoms. The second-order valence-electron chi connectivity index (χ2n) is 7.95. The number of nitrogens with zero attached hydrogens (tertiary/aromatic N) is 3. The van der Waals surface area contributed by atoms with E-state index in [-0.39, 0.29) is 0 Å². The van der Waals surface area contributed by atoms with Crippen molar-refractivity contribution < 1.29 is 19.2 Å². The largest absolute Gasteiger partial charge is 0.376 e. The SMILES string of the molecule is CCCC(C(=O)NC=O)N(C=O)c1ccc(CC2CCN(C=O)CC2)cc1N(C)C. The molecule has 4 amide bonds. The summed E-state index contributed by atoms with van der Waals surface area (Å²) < 4.78 is 0. The van der Waals surface area contributed by atoms with Gasteiger partial charge in [-0.2, -0.15) is 0 Å². The number of piperidine rings is 1. The molecule has 1 aromatic carbocycles. The van der Waals surface area contributed by atoms with Crippen LogP contribution in [0.2, 0.25) is 0 Å². The predicted molar refractivity (Wildman–Crippen MR) is 116 cm³/mol. The average molecular weight is 417 g/mol. The molecule has 0 saturated carbocycles. The monoisotopic (exact) mass is 416 g/mol. The lowest BCUT2D eigenvalue weighted by Gasteiger charge is -2.31. The Morgan fingerprint density at radius 3 is 2.43 bits per heavy atom. The van der Waals surface area contributed by atoms with Crippen LogP contribution in [0.3, 0.4) is 0 Å². The van der Waals surface area contributed by atoms with Crippen molar-refractivity contribution in [3.8, 4) is 0 Å². The van der Waals surface area contributed by atoms with Crippen molar-refractivity contribution in [1.29, 1.82) is 0 Å². The van der Waals surface area contributed by atoms with Gasteiger partial charge in [-0.1, -0.05) is 19.4 Å². The summed E-state index contributed by atoms with van der Waals surface area (Å²) in [6.45, 7) is 3.50. The minimum absolute atomic E-state index is 0.347. The lowest BCUT2D eigenvalue weighted by molar-refractivity contribution is -0.127. The maximum absolute atomic E-state index is 12.4. The zero-order valence-corrected chi connectivity index (χ0v) is 18.0. The van der Waals surface area contributed by atoms with Gasteiger partial charge >= 0.3 is 0 Å². The highest BCUT2D eigenvalue weighted by molar-refractivity contribution is 5.98. The number of hydrogen-bond acceptors (Lipinski definition) is 5. The first-order valence-electron chi connectivity index (χ1n) is 10.4. The normalized spacial score (nSPS) is 15.2. The number of amides is 4. The van der Waals surface area contributed by atoms with Gasteiger partial charge in [0.2, 0.25) is 25.1 Å². The first kappa shape index (κ1) is 23.4. The molecule has 0 spiro atoms. The molecule has 8 heteroatoms. The van der Waals surface area contributed by atoms with Gasteiger partial charge in [0.05, 0.1) is 11.4 Å². The van der Waals surface area contributed by atoms with Crippen LogP contribution in [0, 0.1) is 5.92 Å². The van der Waals surface area contributed by atoms with Crippen LogP contribution in [0.5, 0.6) is 0 Å². The third-order valence-corrected chi connectivity index (χ3v) is 5.64. The lowest BCUT2D eigenvalue weighted by Crippen LogP contribution is -2.46. The third-order valence-electron chi connectivity index (χ3n) is 5.64. The summed E-state index contributed by atoms with van der Waals surface area (Å²) >= 11 is 0. The summed E-state index contributed by atoms with van der Waals surface area (Å²) in [6, 6.07) is 5.16. The Morgan fingerprint density at radius 1 is 1.20 bits per heavy atom. The van der Waals surface area contributed by atoms with Gasteiger partial charge in [0.15, 0.2) is 0 Å². The van der Waals surface area contributed by atoms with Crippen molar-refractivity contribution in [3.05, 3.63) is 23.8 Å². The molecule has 1 fully saturated rings. The number of hydrogen-bond donors (Lipinski definition) is 1. The highest BCUT2D eigenvalue weighted by Crippen LogP contribution is 2.32. The van der Waals surface area contributed by atoms with Crippen LogP contribution in [0.4, 0.5) is 11.4 Å². The Hall–Kier alpha value is -2.90. The summed E-state index contributed by atoms with van der Waals surface area (Å²) in [5, 5.41) is 2.18. The highest BCUT2D eigenvalue weighted by Gasteiger charge is 2.28. The van der Waals surface area contributed by atoms with E-state index >= 15 is 0 Å². The van der Waals surface area contributed by atoms with E-state index in [1.807, 2.05) is 43.0 Å². The van der Waals surface area contributed by atoms with E-state index in [2.05, 4.69) is 11.4 Å². The predicted octanol–water partition coefficient (Wildman–Crippen LogP) is 1.57. The molecule has 0 aromatic heterocycles. The molecule has 0 bridgehead atoms. The zero-order valence-electron chi connectivity index (χ0n) is 18.0. The average Bonchev–Trinajstić information content (AvgIpc) is 2.75. The second-order valence-corrected chi connectivity index (χ2v) is 7.95. The maximum atomic E-state index is 12.4. The minimum atomic E-state index is -0.755. The Morgan fingerprint density at radius 2 is 1.90 bits per heavy atom. The summed E-state index contributed by atoms with van der Waals surface area (Å²) in [7, 11) is 3.79. The fraction of sp³-hybridized carbons (Fsp3) is 0.545. The van der Waals surface area contributed by atoms with Gasteiger partial charge < -0.3 is 14.7 Å². The van der Waals surface area contributed by atoms with Gasteiger partial charge in [-0.05, 0) is 49.3 Å². The van der Waals surface area contributed by atoms with Gasteiger partial charge in [0, 0.05) is 27.2 Å². The molecular formula is C22H32N4O4. The molecule has 0 aliphatic carbocycles. The number of carbonyl (C=O) groups excluding carboxylic acids is 4. The number of rotatable bonds is 11. The number of benzene rings is 1. The first-order valence-corrected chi connectivity index (χ1v) is 10.4. The van der Waals surface area contributed by atoms with Crippen LogP contribution in [-0.4, -0.2) is 63.3 Å². The molecule has 1 aromatic rings. The van der Waals surface area contributed by atoms with Crippen molar-refractivity contribution in [3.63, 3.8) is 0 Å². The molecule has 1 heterocycles. The van der Waals surface area contributed by atoms with Gasteiger partial charge in [0.25, 0.3) is 0 Å². The number of likely N-dealkylation sites (tertiary alicyclic amines) is 1. The minimum Gasteiger partial charge on any atom is -0.376 e. The number of carbonyl (C=O) groups is 4. The Bertz CT molecular complexity index is 745. The molecule has 1 aliphatic rings. The maximum Gasteiger partial charge on any atom is 0.249 e. The lowest BCUT2D eigenvalue weighted by atomic mass is 9.90. The fourth-order valence-electron chi connectivity index (χ4n) is 3.99. The van der Waals surface area contributed by atoms with Crippen LogP contribution in [-0.2, 0) is 25.6 Å². The Labute approximate surface area is 178 Å². The van der Waals surface area contributed by atoms with E-state index in [1.165, 1.54) is 4.90 Å². The molecule has 0 radical (unpaired) electrons. The number of anilines is 2. The molecule has 1 atom stereocenters. The van der Waals surface area contributed by atoms with Crippen LogP contribution < -0.4 is 15.1 Å². The number of imide groups is 1. The zero-order chi connectivity index (χ0) is 22.1. The van der Waals surface area contributed by atoms with E-state index in [0.717, 1.165) is 50.0 Å². The summed E-state index contributed by atoms with van der Waals surface area (Å²) in [4.78, 5) is 51.1. The molecule has 2 rings (SSSR count).